The first-order valence-electron chi connectivity index (χ1n) is 5.28. The predicted octanol–water partition coefficient (Wildman–Crippen LogP) is 0.167. The maximum absolute atomic E-state index is 10.3. The van der Waals surface area contributed by atoms with Crippen molar-refractivity contribution in [3.63, 3.8) is 0 Å². The van der Waals surface area contributed by atoms with E-state index in [1.54, 1.807) is 0 Å². The lowest BCUT2D eigenvalue weighted by molar-refractivity contribution is 0.157. The molecule has 0 saturated heterocycles. The summed E-state index contributed by atoms with van der Waals surface area (Å²) in [6.45, 7) is 3.63. The monoisotopic (exact) mass is 226 g/mol. The minimum atomic E-state index is -0.740. The van der Waals surface area contributed by atoms with Gasteiger partial charge >= 0.3 is 6.09 Å². The predicted molar refractivity (Wildman–Crippen MR) is 59.8 cm³/mol. The Morgan fingerprint density at radius 1 is 1.69 bits per heavy atom. The number of nitrogens with zero attached hydrogens (tertiary/aromatic N) is 2. The standard InChI is InChI=1S/C10H18N4O2/c1-3-8-6-9(14(2)13-8)7-12-4-5-16-10(11)15/h6,12H,3-5,7H2,1-2H3,(H2,11,15). The third kappa shape index (κ3) is 3.90. The van der Waals surface area contributed by atoms with Gasteiger partial charge < -0.3 is 15.8 Å². The van der Waals surface area contributed by atoms with E-state index >= 15 is 0 Å². The van der Waals surface area contributed by atoms with Crippen molar-refractivity contribution < 1.29 is 9.53 Å². The van der Waals surface area contributed by atoms with Crippen LogP contribution in [0.4, 0.5) is 4.79 Å². The molecule has 90 valence electrons. The Hall–Kier alpha value is -1.56. The fraction of sp³-hybridized carbons (Fsp3) is 0.600. The second-order valence-corrected chi connectivity index (χ2v) is 3.45. The maximum Gasteiger partial charge on any atom is 0.404 e. The SMILES string of the molecule is CCc1cc(CNCCOC(N)=O)n(C)n1. The lowest BCUT2D eigenvalue weighted by Gasteiger charge is -2.04. The Balaban J connectivity index is 2.26. The topological polar surface area (TPSA) is 82.2 Å². The number of aryl methyl sites for hydroxylation is 2. The number of aromatic nitrogens is 2. The number of primary amides is 1. The van der Waals surface area contributed by atoms with Crippen LogP contribution in [-0.4, -0.2) is 29.0 Å². The summed E-state index contributed by atoms with van der Waals surface area (Å²) in [5.41, 5.74) is 7.01. The number of amides is 1. The number of ether oxygens (including phenoxy) is 1. The van der Waals surface area contributed by atoms with Crippen LogP contribution in [0.1, 0.15) is 18.3 Å². The van der Waals surface area contributed by atoms with Gasteiger partial charge in [0.1, 0.15) is 6.61 Å². The summed E-state index contributed by atoms with van der Waals surface area (Å²) in [6.07, 6.45) is 0.189. The number of nitrogens with two attached hydrogens (primary N) is 1. The highest BCUT2D eigenvalue weighted by molar-refractivity contribution is 5.64. The Morgan fingerprint density at radius 3 is 3.00 bits per heavy atom. The van der Waals surface area contributed by atoms with Gasteiger partial charge in [-0.2, -0.15) is 5.10 Å². The molecule has 0 aliphatic carbocycles. The van der Waals surface area contributed by atoms with Crippen molar-refractivity contribution in [3.8, 4) is 0 Å². The van der Waals surface area contributed by atoms with Crippen LogP contribution in [0.3, 0.4) is 0 Å². The number of nitrogens with one attached hydrogen (secondary N) is 1. The van der Waals surface area contributed by atoms with E-state index in [9.17, 15) is 4.79 Å². The van der Waals surface area contributed by atoms with Crippen molar-refractivity contribution in [2.24, 2.45) is 12.8 Å². The lowest BCUT2D eigenvalue weighted by Crippen LogP contribution is -2.24. The van der Waals surface area contributed by atoms with E-state index in [1.807, 2.05) is 11.7 Å². The van der Waals surface area contributed by atoms with E-state index in [0.717, 1.165) is 17.8 Å². The van der Waals surface area contributed by atoms with Crippen LogP contribution < -0.4 is 11.1 Å². The van der Waals surface area contributed by atoms with Crippen LogP contribution in [0, 0.1) is 0 Å². The summed E-state index contributed by atoms with van der Waals surface area (Å²) >= 11 is 0. The second kappa shape index (κ2) is 6.12. The summed E-state index contributed by atoms with van der Waals surface area (Å²) in [5, 5.41) is 7.47. The van der Waals surface area contributed by atoms with Crippen LogP contribution in [0.15, 0.2) is 6.07 Å². The summed E-state index contributed by atoms with van der Waals surface area (Å²) in [7, 11) is 1.91. The molecule has 1 aromatic heterocycles. The molecule has 3 N–H and O–H groups in total. The smallest absolute Gasteiger partial charge is 0.404 e. The molecular weight excluding hydrogens is 208 g/mol. The molecule has 16 heavy (non-hydrogen) atoms. The molecule has 0 saturated carbocycles. The van der Waals surface area contributed by atoms with Crippen molar-refractivity contribution in [1.82, 2.24) is 15.1 Å². The Labute approximate surface area is 94.8 Å². The van der Waals surface area contributed by atoms with Crippen molar-refractivity contribution in [2.45, 2.75) is 19.9 Å². The molecular formula is C10H18N4O2. The van der Waals surface area contributed by atoms with Gasteiger partial charge in [0, 0.05) is 20.1 Å². The van der Waals surface area contributed by atoms with E-state index in [4.69, 9.17) is 5.73 Å². The number of carbonyl (C=O) groups excluding carboxylic acids is 1. The molecule has 0 atom stereocenters. The molecule has 0 spiro atoms. The summed E-state index contributed by atoms with van der Waals surface area (Å²) < 4.78 is 6.44. The molecule has 6 heteroatoms. The highest BCUT2D eigenvalue weighted by Crippen LogP contribution is 2.02. The third-order valence-corrected chi connectivity index (χ3v) is 2.22. The number of hydrogen-bond acceptors (Lipinski definition) is 4. The maximum atomic E-state index is 10.3. The van der Waals surface area contributed by atoms with E-state index in [1.165, 1.54) is 0 Å². The van der Waals surface area contributed by atoms with Crippen LogP contribution in [0.5, 0.6) is 0 Å². The van der Waals surface area contributed by atoms with E-state index < -0.39 is 6.09 Å². The van der Waals surface area contributed by atoms with Gasteiger partial charge in [0.25, 0.3) is 0 Å². The Morgan fingerprint density at radius 2 is 2.44 bits per heavy atom. The fourth-order valence-electron chi connectivity index (χ4n) is 1.35. The first-order chi connectivity index (χ1) is 7.63. The van der Waals surface area contributed by atoms with Gasteiger partial charge in [0.15, 0.2) is 0 Å². The molecule has 0 unspecified atom stereocenters. The van der Waals surface area contributed by atoms with E-state index in [2.05, 4.69) is 28.1 Å². The Bertz CT molecular complexity index is 349. The highest BCUT2D eigenvalue weighted by Gasteiger charge is 2.02. The molecule has 1 aromatic rings. The van der Waals surface area contributed by atoms with Gasteiger partial charge in [-0.3, -0.25) is 4.68 Å². The molecule has 1 amide bonds. The van der Waals surface area contributed by atoms with Crippen LogP contribution in [-0.2, 0) is 24.8 Å². The molecule has 0 radical (unpaired) electrons. The summed E-state index contributed by atoms with van der Waals surface area (Å²) in [6, 6.07) is 2.06. The molecule has 0 aromatic carbocycles. The molecule has 1 heterocycles. The average Bonchev–Trinajstić information content (AvgIpc) is 2.59. The van der Waals surface area contributed by atoms with E-state index in [0.29, 0.717) is 13.1 Å². The first-order valence-corrected chi connectivity index (χ1v) is 5.28. The zero-order chi connectivity index (χ0) is 12.0. The van der Waals surface area contributed by atoms with Crippen molar-refractivity contribution >= 4 is 6.09 Å². The zero-order valence-corrected chi connectivity index (χ0v) is 9.69. The summed E-state index contributed by atoms with van der Waals surface area (Å²) in [4.78, 5) is 10.3. The number of carbonyl (C=O) groups is 1. The van der Waals surface area contributed by atoms with Gasteiger partial charge in [-0.1, -0.05) is 6.92 Å². The minimum Gasteiger partial charge on any atom is -0.448 e. The average molecular weight is 226 g/mol. The zero-order valence-electron chi connectivity index (χ0n) is 9.69. The number of hydrogen-bond donors (Lipinski definition) is 2. The van der Waals surface area contributed by atoms with Crippen molar-refractivity contribution in [2.75, 3.05) is 13.2 Å². The molecule has 0 aliphatic heterocycles. The van der Waals surface area contributed by atoms with Crippen molar-refractivity contribution in [3.05, 3.63) is 17.5 Å². The lowest BCUT2D eigenvalue weighted by atomic mass is 10.3. The number of rotatable bonds is 6. The molecule has 1 rings (SSSR count). The van der Waals surface area contributed by atoms with Gasteiger partial charge in [-0.05, 0) is 12.5 Å². The largest absolute Gasteiger partial charge is 0.448 e. The molecule has 0 fully saturated rings. The second-order valence-electron chi connectivity index (χ2n) is 3.45. The fourth-order valence-corrected chi connectivity index (χ4v) is 1.35. The van der Waals surface area contributed by atoms with E-state index in [-0.39, 0.29) is 6.61 Å². The highest BCUT2D eigenvalue weighted by atomic mass is 16.5. The van der Waals surface area contributed by atoms with Crippen molar-refractivity contribution in [1.29, 1.82) is 0 Å². The van der Waals surface area contributed by atoms with Gasteiger partial charge in [0.2, 0.25) is 0 Å². The van der Waals surface area contributed by atoms with Gasteiger partial charge in [-0.25, -0.2) is 4.79 Å². The third-order valence-electron chi connectivity index (χ3n) is 2.22. The van der Waals surface area contributed by atoms with Crippen LogP contribution >= 0.6 is 0 Å². The Kier molecular flexibility index (Phi) is 4.78. The van der Waals surface area contributed by atoms with Gasteiger partial charge in [-0.15, -0.1) is 0 Å². The van der Waals surface area contributed by atoms with Crippen LogP contribution in [0.2, 0.25) is 0 Å². The quantitative estimate of drug-likeness (QED) is 0.677. The normalized spacial score (nSPS) is 10.4. The van der Waals surface area contributed by atoms with Crippen LogP contribution in [0.25, 0.3) is 0 Å². The molecule has 6 nitrogen and oxygen atoms in total. The minimum absolute atomic E-state index is 0.286. The first kappa shape index (κ1) is 12.5. The summed E-state index contributed by atoms with van der Waals surface area (Å²) in [5.74, 6) is 0. The molecule has 0 bridgehead atoms. The van der Waals surface area contributed by atoms with Gasteiger partial charge in [0.05, 0.1) is 11.4 Å². The molecule has 0 aliphatic rings.